The monoisotopic (exact) mass is 308 g/mol. The fourth-order valence-corrected chi connectivity index (χ4v) is 3.55. The van der Waals surface area contributed by atoms with Gasteiger partial charge in [0.15, 0.2) is 0 Å². The van der Waals surface area contributed by atoms with Gasteiger partial charge in [0.05, 0.1) is 17.1 Å². The van der Waals surface area contributed by atoms with Crippen LogP contribution in [0.15, 0.2) is 75.5 Å². The van der Waals surface area contributed by atoms with Gasteiger partial charge in [-0.1, -0.05) is 0 Å². The van der Waals surface area contributed by atoms with Crippen LogP contribution in [0.25, 0.3) is 28.7 Å². The highest BCUT2D eigenvalue weighted by Crippen LogP contribution is 2.24. The van der Waals surface area contributed by atoms with E-state index in [1.807, 2.05) is 18.4 Å². The summed E-state index contributed by atoms with van der Waals surface area (Å²) in [5.74, 6) is 0. The van der Waals surface area contributed by atoms with Gasteiger partial charge in [0.1, 0.15) is 5.65 Å². The van der Waals surface area contributed by atoms with E-state index in [0.29, 0.717) is 0 Å². The minimum Gasteiger partial charge on any atom is -0.341 e. The van der Waals surface area contributed by atoms with Gasteiger partial charge in [0.2, 0.25) is 0 Å². The highest BCUT2D eigenvalue weighted by atomic mass is 15.0. The fourth-order valence-electron chi connectivity index (χ4n) is 3.55. The van der Waals surface area contributed by atoms with Gasteiger partial charge in [-0.15, -0.1) is 0 Å². The number of H-pyrrole nitrogens is 1. The Morgan fingerprint density at radius 2 is 1.92 bits per heavy atom. The molecular formula is C20H12N4. The van der Waals surface area contributed by atoms with Gasteiger partial charge in [-0.05, 0) is 66.3 Å². The van der Waals surface area contributed by atoms with Crippen LogP contribution in [0.3, 0.4) is 0 Å². The first-order chi connectivity index (χ1) is 11.8. The molecule has 0 aliphatic carbocycles. The summed E-state index contributed by atoms with van der Waals surface area (Å²) in [6.07, 6.45) is 14.3. The van der Waals surface area contributed by atoms with E-state index in [1.165, 1.54) is 10.9 Å². The molecule has 3 aliphatic rings. The maximum atomic E-state index is 4.66. The van der Waals surface area contributed by atoms with Crippen molar-refractivity contribution in [1.29, 1.82) is 0 Å². The zero-order valence-corrected chi connectivity index (χ0v) is 12.7. The van der Waals surface area contributed by atoms with Crippen molar-refractivity contribution in [3.63, 3.8) is 0 Å². The molecule has 6 rings (SSSR count). The van der Waals surface area contributed by atoms with E-state index in [2.05, 4.69) is 67.9 Å². The van der Waals surface area contributed by atoms with Crippen molar-refractivity contribution in [2.45, 2.75) is 0 Å². The van der Waals surface area contributed by atoms with Gasteiger partial charge in [0.25, 0.3) is 0 Å². The van der Waals surface area contributed by atoms with Crippen LogP contribution in [0.2, 0.25) is 0 Å². The van der Waals surface area contributed by atoms with E-state index >= 15 is 0 Å². The largest absolute Gasteiger partial charge is 0.341 e. The van der Waals surface area contributed by atoms with E-state index in [1.54, 1.807) is 0 Å². The van der Waals surface area contributed by atoms with Crippen molar-refractivity contribution >= 4 is 40.6 Å². The van der Waals surface area contributed by atoms with Crippen molar-refractivity contribution < 1.29 is 0 Å². The number of aromatic nitrogens is 2. The molecule has 0 aromatic carbocycles. The number of nitrogens with zero attached hydrogens (tertiary/aromatic N) is 3. The number of aromatic amines is 1. The number of rotatable bonds is 0. The molecule has 0 fully saturated rings. The molecule has 0 spiro atoms. The third-order valence-corrected chi connectivity index (χ3v) is 4.59. The molecule has 0 radical (unpaired) electrons. The molecule has 0 saturated carbocycles. The van der Waals surface area contributed by atoms with Crippen LogP contribution in [0, 0.1) is 0 Å². The Hall–Kier alpha value is -3.40. The molecule has 0 saturated heterocycles. The van der Waals surface area contributed by atoms with Crippen molar-refractivity contribution in [3.05, 3.63) is 76.6 Å². The maximum Gasteiger partial charge on any atom is 0.123 e. The van der Waals surface area contributed by atoms with Gasteiger partial charge < -0.3 is 4.98 Å². The second kappa shape index (κ2) is 4.11. The first kappa shape index (κ1) is 12.1. The quantitative estimate of drug-likeness (QED) is 0.663. The minimum absolute atomic E-state index is 0.952. The Morgan fingerprint density at radius 3 is 2.92 bits per heavy atom. The standard InChI is InChI=1S/C20H12N4/c1-2-15-9-17-7-13-8-18-3-4-19(24(18)20(13)23-17)10-16-6-12(11-21-16)5-14(1)22-15/h1-11,23H. The number of fused-ring (bicyclic) bond motifs is 3. The molecule has 1 N–H and O–H groups in total. The van der Waals surface area contributed by atoms with E-state index in [0.717, 1.165) is 39.4 Å². The molecule has 3 aromatic heterocycles. The lowest BCUT2D eigenvalue weighted by atomic mass is 10.2. The zero-order valence-electron chi connectivity index (χ0n) is 12.7. The Labute approximate surface area is 137 Å². The zero-order chi connectivity index (χ0) is 15.7. The summed E-state index contributed by atoms with van der Waals surface area (Å²) in [4.78, 5) is 12.7. The van der Waals surface area contributed by atoms with E-state index in [9.17, 15) is 0 Å². The molecule has 0 unspecified atom stereocenters. The average Bonchev–Trinajstić information content (AvgIpc) is 3.30. The summed E-state index contributed by atoms with van der Waals surface area (Å²) < 4.78 is 2.24. The fraction of sp³-hybridized carbons (Fsp3) is 0. The molecule has 24 heavy (non-hydrogen) atoms. The highest BCUT2D eigenvalue weighted by Gasteiger charge is 2.11. The topological polar surface area (TPSA) is 44.9 Å². The molecule has 0 amide bonds. The predicted molar refractivity (Wildman–Crippen MR) is 98.1 cm³/mol. The third-order valence-electron chi connectivity index (χ3n) is 4.59. The van der Waals surface area contributed by atoms with Crippen molar-refractivity contribution in [2.24, 2.45) is 9.98 Å². The van der Waals surface area contributed by atoms with Crippen LogP contribution in [0.5, 0.6) is 0 Å². The van der Waals surface area contributed by atoms with Gasteiger partial charge >= 0.3 is 0 Å². The van der Waals surface area contributed by atoms with Gasteiger partial charge in [-0.3, -0.25) is 9.39 Å². The summed E-state index contributed by atoms with van der Waals surface area (Å²) in [6, 6.07) is 8.64. The molecule has 4 heteroatoms. The number of hydrogen-bond acceptors (Lipinski definition) is 2. The summed E-state index contributed by atoms with van der Waals surface area (Å²) >= 11 is 0. The number of nitrogens with one attached hydrogen (secondary N) is 1. The molecule has 3 aliphatic heterocycles. The SMILES string of the molecule is C1=CC2=NC1=Cc1cc3cc4ccc(n4c3[nH]1)=CC1=CC(=C2)C=N1. The summed E-state index contributed by atoms with van der Waals surface area (Å²) in [5, 5.41) is 2.33. The molecule has 0 atom stereocenters. The van der Waals surface area contributed by atoms with E-state index < -0.39 is 0 Å². The molecule has 4 nitrogen and oxygen atoms in total. The Balaban J connectivity index is 1.75. The lowest BCUT2D eigenvalue weighted by molar-refractivity contribution is 1.18. The summed E-state index contributed by atoms with van der Waals surface area (Å²) in [7, 11) is 0. The molecule has 112 valence electrons. The first-order valence-electron chi connectivity index (χ1n) is 7.92. The van der Waals surface area contributed by atoms with Crippen molar-refractivity contribution in [3.8, 4) is 0 Å². The predicted octanol–water partition coefficient (Wildman–Crippen LogP) is 3.18. The second-order valence-electron chi connectivity index (χ2n) is 6.25. The van der Waals surface area contributed by atoms with Gasteiger partial charge in [-0.25, -0.2) is 4.99 Å². The van der Waals surface area contributed by atoms with Crippen LogP contribution < -0.4 is 5.35 Å². The third kappa shape index (κ3) is 1.62. The minimum atomic E-state index is 0.952. The smallest absolute Gasteiger partial charge is 0.123 e. The molecule has 3 aromatic rings. The van der Waals surface area contributed by atoms with Crippen LogP contribution in [-0.2, 0) is 0 Å². The van der Waals surface area contributed by atoms with E-state index in [-0.39, 0.29) is 0 Å². The van der Waals surface area contributed by atoms with Crippen molar-refractivity contribution in [2.75, 3.05) is 0 Å². The second-order valence-corrected chi connectivity index (χ2v) is 6.25. The number of allylic oxidation sites excluding steroid dienone is 6. The van der Waals surface area contributed by atoms with E-state index in [4.69, 9.17) is 0 Å². The van der Waals surface area contributed by atoms with Crippen LogP contribution in [0.4, 0.5) is 0 Å². The normalized spacial score (nSPS) is 18.2. The Kier molecular flexibility index (Phi) is 2.07. The lowest BCUT2D eigenvalue weighted by Gasteiger charge is -1.94. The average molecular weight is 308 g/mol. The molecule has 6 bridgehead atoms. The molecule has 6 heterocycles. The van der Waals surface area contributed by atoms with Crippen LogP contribution in [0.1, 0.15) is 5.69 Å². The summed E-state index contributed by atoms with van der Waals surface area (Å²) in [6.45, 7) is 0. The van der Waals surface area contributed by atoms with Crippen molar-refractivity contribution in [1.82, 2.24) is 9.38 Å². The van der Waals surface area contributed by atoms with Crippen LogP contribution >= 0.6 is 0 Å². The van der Waals surface area contributed by atoms with Crippen LogP contribution in [-0.4, -0.2) is 21.3 Å². The molecular weight excluding hydrogens is 296 g/mol. The number of aliphatic imine (C=N–C) groups is 2. The first-order valence-corrected chi connectivity index (χ1v) is 7.92. The highest BCUT2D eigenvalue weighted by molar-refractivity contribution is 6.11. The van der Waals surface area contributed by atoms with Gasteiger partial charge in [0, 0.05) is 28.2 Å². The van der Waals surface area contributed by atoms with Gasteiger partial charge in [-0.2, -0.15) is 0 Å². The maximum absolute atomic E-state index is 4.66. The summed E-state index contributed by atoms with van der Waals surface area (Å²) in [5.41, 5.74) is 7.30. The lowest BCUT2D eigenvalue weighted by Crippen LogP contribution is -2.07. The Morgan fingerprint density at radius 1 is 0.917 bits per heavy atom. The number of hydrogen-bond donors (Lipinski definition) is 1. The Bertz CT molecular complexity index is 1280.